The van der Waals surface area contributed by atoms with E-state index in [0.717, 1.165) is 25.0 Å². The highest BCUT2D eigenvalue weighted by atomic mass is 19.4. The largest absolute Gasteiger partial charge is 0.417 e. The van der Waals surface area contributed by atoms with Crippen molar-refractivity contribution in [2.75, 3.05) is 13.1 Å². The molecule has 1 amide bonds. The normalized spacial score (nSPS) is 13.0. The van der Waals surface area contributed by atoms with Gasteiger partial charge in [0.2, 0.25) is 0 Å². The van der Waals surface area contributed by atoms with Crippen molar-refractivity contribution in [1.82, 2.24) is 5.32 Å². The first-order chi connectivity index (χ1) is 9.86. The van der Waals surface area contributed by atoms with Crippen LogP contribution in [-0.2, 0) is 6.18 Å². The van der Waals surface area contributed by atoms with Crippen LogP contribution in [0.2, 0.25) is 0 Å². The molecule has 0 spiro atoms. The first-order valence-electron chi connectivity index (χ1n) is 6.76. The number of hydrogen-bond donors (Lipinski definition) is 3. The molecule has 0 radical (unpaired) electrons. The molecule has 118 valence electrons. The molecule has 1 aromatic rings. The average Bonchev–Trinajstić information content (AvgIpc) is 2.44. The Bertz CT molecular complexity index is 463. The Labute approximate surface area is 121 Å². The van der Waals surface area contributed by atoms with E-state index >= 15 is 0 Å². The summed E-state index contributed by atoms with van der Waals surface area (Å²) >= 11 is 0. The van der Waals surface area contributed by atoms with Crippen LogP contribution in [0, 0.1) is 0 Å². The molecular weight excluding hydrogens is 283 g/mol. The Morgan fingerprint density at radius 3 is 2.52 bits per heavy atom. The third-order valence-corrected chi connectivity index (χ3v) is 3.03. The number of nitrogens with one attached hydrogen (secondary N) is 1. The van der Waals surface area contributed by atoms with Crippen LogP contribution < -0.4 is 16.8 Å². The lowest BCUT2D eigenvalue weighted by molar-refractivity contribution is -0.137. The minimum atomic E-state index is -4.56. The van der Waals surface area contributed by atoms with E-state index in [9.17, 15) is 18.0 Å². The van der Waals surface area contributed by atoms with Gasteiger partial charge in [-0.1, -0.05) is 18.6 Å². The average molecular weight is 303 g/mol. The molecule has 1 aromatic carbocycles. The van der Waals surface area contributed by atoms with Gasteiger partial charge in [-0.2, -0.15) is 13.2 Å². The standard InChI is InChI=1S/C14H20F3N3O/c15-14(16,17)12-7-2-1-6-11(12)13(21)20-9-10(19)5-3-4-8-18/h1-2,6-7,10H,3-5,8-9,18-19H2,(H,20,21)/t10-/m0/s1. The topological polar surface area (TPSA) is 81.1 Å². The summed E-state index contributed by atoms with van der Waals surface area (Å²) in [6, 6.07) is 4.39. The zero-order chi connectivity index (χ0) is 15.9. The van der Waals surface area contributed by atoms with Gasteiger partial charge < -0.3 is 16.8 Å². The zero-order valence-electron chi connectivity index (χ0n) is 11.6. The molecule has 1 rings (SSSR count). The fourth-order valence-corrected chi connectivity index (χ4v) is 1.90. The quantitative estimate of drug-likeness (QED) is 0.673. The van der Waals surface area contributed by atoms with E-state index in [0.29, 0.717) is 13.0 Å². The number of carbonyl (C=O) groups is 1. The van der Waals surface area contributed by atoms with Gasteiger partial charge in [0, 0.05) is 12.6 Å². The van der Waals surface area contributed by atoms with Crippen molar-refractivity contribution in [2.45, 2.75) is 31.5 Å². The van der Waals surface area contributed by atoms with E-state index in [1.807, 2.05) is 0 Å². The van der Waals surface area contributed by atoms with Crippen LogP contribution in [-0.4, -0.2) is 25.0 Å². The lowest BCUT2D eigenvalue weighted by Gasteiger charge is -2.15. The molecule has 21 heavy (non-hydrogen) atoms. The first-order valence-corrected chi connectivity index (χ1v) is 6.76. The molecule has 7 heteroatoms. The molecular formula is C14H20F3N3O. The van der Waals surface area contributed by atoms with Gasteiger partial charge in [0.25, 0.3) is 5.91 Å². The highest BCUT2D eigenvalue weighted by Gasteiger charge is 2.34. The van der Waals surface area contributed by atoms with Gasteiger partial charge in [0.15, 0.2) is 0 Å². The summed E-state index contributed by atoms with van der Waals surface area (Å²) in [5.74, 6) is -0.766. The highest BCUT2D eigenvalue weighted by Crippen LogP contribution is 2.31. The number of carbonyl (C=O) groups excluding carboxylic acids is 1. The number of alkyl halides is 3. The zero-order valence-corrected chi connectivity index (χ0v) is 11.6. The van der Waals surface area contributed by atoms with E-state index in [1.165, 1.54) is 12.1 Å². The fourth-order valence-electron chi connectivity index (χ4n) is 1.90. The van der Waals surface area contributed by atoms with Crippen LogP contribution in [0.5, 0.6) is 0 Å². The molecule has 5 N–H and O–H groups in total. The van der Waals surface area contributed by atoms with Crippen molar-refractivity contribution in [3.05, 3.63) is 35.4 Å². The number of amides is 1. The fraction of sp³-hybridized carbons (Fsp3) is 0.500. The highest BCUT2D eigenvalue weighted by molar-refractivity contribution is 5.95. The van der Waals surface area contributed by atoms with Crippen LogP contribution in [0.15, 0.2) is 24.3 Å². The van der Waals surface area contributed by atoms with E-state index in [2.05, 4.69) is 5.32 Å². The predicted octanol–water partition coefficient (Wildman–Crippen LogP) is 1.89. The lowest BCUT2D eigenvalue weighted by atomic mass is 10.1. The summed E-state index contributed by atoms with van der Waals surface area (Å²) in [5, 5.41) is 2.44. The molecule has 0 aliphatic heterocycles. The second-order valence-corrected chi connectivity index (χ2v) is 4.80. The maximum absolute atomic E-state index is 12.8. The predicted molar refractivity (Wildman–Crippen MR) is 74.7 cm³/mol. The number of rotatable bonds is 7. The molecule has 0 heterocycles. The minimum absolute atomic E-state index is 0.135. The van der Waals surface area contributed by atoms with Crippen LogP contribution in [0.25, 0.3) is 0 Å². The molecule has 4 nitrogen and oxygen atoms in total. The molecule has 1 atom stereocenters. The summed E-state index contributed by atoms with van der Waals surface area (Å²) in [6.45, 7) is 0.702. The van der Waals surface area contributed by atoms with Crippen molar-refractivity contribution in [2.24, 2.45) is 11.5 Å². The van der Waals surface area contributed by atoms with Crippen molar-refractivity contribution in [3.8, 4) is 0 Å². The molecule has 0 saturated heterocycles. The smallest absolute Gasteiger partial charge is 0.350 e. The summed E-state index contributed by atoms with van der Waals surface area (Å²) in [5.41, 5.74) is 9.81. The lowest BCUT2D eigenvalue weighted by Crippen LogP contribution is -2.37. The van der Waals surface area contributed by atoms with Crippen LogP contribution in [0.3, 0.4) is 0 Å². The Morgan fingerprint density at radius 2 is 1.90 bits per heavy atom. The Morgan fingerprint density at radius 1 is 1.24 bits per heavy atom. The van der Waals surface area contributed by atoms with Crippen LogP contribution >= 0.6 is 0 Å². The van der Waals surface area contributed by atoms with Crippen molar-refractivity contribution in [3.63, 3.8) is 0 Å². The molecule has 0 bridgehead atoms. The van der Waals surface area contributed by atoms with Crippen LogP contribution in [0.1, 0.15) is 35.2 Å². The van der Waals surface area contributed by atoms with E-state index < -0.39 is 17.6 Å². The van der Waals surface area contributed by atoms with Crippen LogP contribution in [0.4, 0.5) is 13.2 Å². The summed E-state index contributed by atoms with van der Waals surface area (Å²) in [4.78, 5) is 11.9. The second-order valence-electron chi connectivity index (χ2n) is 4.80. The number of unbranched alkanes of at least 4 members (excludes halogenated alkanes) is 1. The molecule has 0 aliphatic carbocycles. The first kappa shape index (κ1) is 17.5. The maximum atomic E-state index is 12.8. The van der Waals surface area contributed by atoms with E-state index in [-0.39, 0.29) is 18.2 Å². The van der Waals surface area contributed by atoms with Gasteiger partial charge >= 0.3 is 6.18 Å². The third-order valence-electron chi connectivity index (χ3n) is 3.03. The molecule has 0 unspecified atom stereocenters. The Balaban J connectivity index is 2.61. The van der Waals surface area contributed by atoms with E-state index in [1.54, 1.807) is 0 Å². The maximum Gasteiger partial charge on any atom is 0.417 e. The Kier molecular flexibility index (Phi) is 6.64. The van der Waals surface area contributed by atoms with Gasteiger partial charge in [-0.25, -0.2) is 0 Å². The number of hydrogen-bond acceptors (Lipinski definition) is 3. The van der Waals surface area contributed by atoms with Gasteiger partial charge in [0.05, 0.1) is 11.1 Å². The molecule has 0 saturated carbocycles. The molecule has 0 fully saturated rings. The van der Waals surface area contributed by atoms with Gasteiger partial charge in [-0.3, -0.25) is 4.79 Å². The second kappa shape index (κ2) is 7.99. The Hall–Kier alpha value is -1.60. The SMILES string of the molecule is NCCCC[C@H](N)CNC(=O)c1ccccc1C(F)(F)F. The minimum Gasteiger partial charge on any atom is -0.350 e. The van der Waals surface area contributed by atoms with Gasteiger partial charge in [-0.05, 0) is 31.5 Å². The van der Waals surface area contributed by atoms with E-state index in [4.69, 9.17) is 11.5 Å². The van der Waals surface area contributed by atoms with Crippen molar-refractivity contribution >= 4 is 5.91 Å². The number of benzene rings is 1. The molecule has 0 aromatic heterocycles. The summed E-state index contributed by atoms with van der Waals surface area (Å²) in [6.07, 6.45) is -2.24. The van der Waals surface area contributed by atoms with Gasteiger partial charge in [-0.15, -0.1) is 0 Å². The number of halogens is 3. The summed E-state index contributed by atoms with van der Waals surface area (Å²) in [7, 11) is 0. The summed E-state index contributed by atoms with van der Waals surface area (Å²) < 4.78 is 38.4. The van der Waals surface area contributed by atoms with Crippen molar-refractivity contribution < 1.29 is 18.0 Å². The molecule has 0 aliphatic rings. The monoisotopic (exact) mass is 303 g/mol. The number of nitrogens with two attached hydrogens (primary N) is 2. The third kappa shape index (κ3) is 5.73. The van der Waals surface area contributed by atoms with Crippen molar-refractivity contribution in [1.29, 1.82) is 0 Å². The van der Waals surface area contributed by atoms with Gasteiger partial charge in [0.1, 0.15) is 0 Å².